The lowest BCUT2D eigenvalue weighted by Crippen LogP contribution is -2.53. The third-order valence-corrected chi connectivity index (χ3v) is 30.9. The Kier molecular flexibility index (Phi) is 35.5. The molecule has 4 aromatic heterocycles. The number of aromatic nitrogens is 8. The highest BCUT2D eigenvalue weighted by Gasteiger charge is 2.47. The minimum atomic E-state index is -4.54. The number of nitrogens with one attached hydrogen (secondary N) is 4. The van der Waals surface area contributed by atoms with E-state index in [2.05, 4.69) is 155 Å². The van der Waals surface area contributed by atoms with Crippen LogP contribution in [0.2, 0.25) is 0 Å². The van der Waals surface area contributed by atoms with E-state index in [1.807, 2.05) is 70.4 Å². The number of benzene rings is 4. The summed E-state index contributed by atoms with van der Waals surface area (Å²) in [6.45, 7) is 49.1. The number of alkyl halides is 3. The number of nitrogens with zero attached hydrogens (tertiary/aromatic N) is 20. The van der Waals surface area contributed by atoms with E-state index in [4.69, 9.17) is 18.9 Å². The number of carbonyl (C=O) groups is 6. The Hall–Kier alpha value is -12.6. The molecule has 0 bridgehead atoms. The monoisotopic (exact) mass is 2050 g/mol. The zero-order valence-electron chi connectivity index (χ0n) is 88.3. The number of anilines is 4. The first kappa shape index (κ1) is 108. The Balaban J connectivity index is 0.000000136. The highest BCUT2D eigenvalue weighted by Crippen LogP contribution is 2.44. The van der Waals surface area contributed by atoms with Gasteiger partial charge in [-0.1, -0.05) is 56.6 Å². The van der Waals surface area contributed by atoms with Gasteiger partial charge in [-0.2, -0.15) is 31.9 Å². The van der Waals surface area contributed by atoms with E-state index in [1.54, 1.807) is 59.7 Å². The lowest BCUT2D eigenvalue weighted by Gasteiger charge is -2.45. The number of allylic oxidation sites excluding steroid dienone is 4. The molecule has 34 nitrogen and oxygen atoms in total. The highest BCUT2D eigenvalue weighted by atomic mass is 19.4. The van der Waals surface area contributed by atoms with E-state index >= 15 is 0 Å². The Bertz CT molecular complexity index is 5980. The van der Waals surface area contributed by atoms with Gasteiger partial charge in [0.25, 0.3) is 11.8 Å². The molecule has 2 spiro atoms. The number of halogens is 3. The van der Waals surface area contributed by atoms with Crippen molar-refractivity contribution in [3.63, 3.8) is 0 Å². The second kappa shape index (κ2) is 49.0. The minimum Gasteiger partial charge on any atom is -0.490 e. The van der Waals surface area contributed by atoms with Crippen LogP contribution in [0.4, 0.5) is 55.6 Å². The molecule has 0 atom stereocenters. The van der Waals surface area contributed by atoms with Gasteiger partial charge in [-0.3, -0.25) is 29.2 Å². The summed E-state index contributed by atoms with van der Waals surface area (Å²) in [7, 11) is 0. The van der Waals surface area contributed by atoms with Gasteiger partial charge in [0.1, 0.15) is 35.2 Å². The third-order valence-electron chi connectivity index (χ3n) is 30.9. The number of aryl methyl sites for hydroxylation is 3. The molecule has 10 aliphatic heterocycles. The molecule has 2 aliphatic carbocycles. The van der Waals surface area contributed by atoms with Crippen LogP contribution in [0.5, 0.6) is 23.0 Å². The van der Waals surface area contributed by atoms with Crippen molar-refractivity contribution in [3.05, 3.63) is 215 Å². The minimum absolute atomic E-state index is 0.0176. The molecule has 4 aromatic carbocycles. The van der Waals surface area contributed by atoms with Crippen molar-refractivity contribution in [2.75, 3.05) is 178 Å². The summed E-state index contributed by atoms with van der Waals surface area (Å²) in [5.41, 5.74) is 10.3. The van der Waals surface area contributed by atoms with Crippen molar-refractivity contribution in [1.82, 2.24) is 97.9 Å². The van der Waals surface area contributed by atoms with Gasteiger partial charge < -0.3 is 79.4 Å². The quantitative estimate of drug-likeness (QED) is 0.0354. The van der Waals surface area contributed by atoms with Crippen molar-refractivity contribution >= 4 is 59.2 Å². The molecule has 149 heavy (non-hydrogen) atoms. The largest absolute Gasteiger partial charge is 0.490 e. The second-order valence-corrected chi connectivity index (χ2v) is 43.0. The number of carbonyl (C=O) groups excluding carboxylic acids is 6. The van der Waals surface area contributed by atoms with Gasteiger partial charge in [-0.05, 0) is 260 Å². The number of piperazine rings is 2. The van der Waals surface area contributed by atoms with E-state index in [0.717, 1.165) is 225 Å². The molecule has 37 heteroatoms. The number of rotatable bonds is 28. The van der Waals surface area contributed by atoms with Crippen LogP contribution in [-0.4, -0.2) is 326 Å². The Morgan fingerprint density at radius 1 is 0.356 bits per heavy atom. The molecule has 6 amide bonds. The van der Waals surface area contributed by atoms with E-state index in [0.29, 0.717) is 106 Å². The predicted molar refractivity (Wildman–Crippen MR) is 570 cm³/mol. The number of amides is 6. The number of hydrogen-bond acceptors (Lipinski definition) is 24. The third kappa shape index (κ3) is 29.2. The fourth-order valence-electron chi connectivity index (χ4n) is 22.6. The van der Waals surface area contributed by atoms with Crippen molar-refractivity contribution in [1.29, 1.82) is 0 Å². The summed E-state index contributed by atoms with van der Waals surface area (Å²) in [5, 5.41) is 29.4. The molecule has 4 N–H and O–H groups in total. The molecule has 20 rings (SSSR count). The smallest absolute Gasteiger partial charge is 0.416 e. The average molecular weight is 2050 g/mol. The molecule has 12 fully saturated rings. The van der Waals surface area contributed by atoms with Gasteiger partial charge in [0.05, 0.1) is 5.56 Å². The summed E-state index contributed by atoms with van der Waals surface area (Å²) in [6.07, 6.45) is 25.7. The van der Waals surface area contributed by atoms with Crippen LogP contribution in [0.3, 0.4) is 0 Å². The van der Waals surface area contributed by atoms with Gasteiger partial charge in [-0.15, -0.1) is 20.4 Å². The molecule has 10 saturated heterocycles. The zero-order chi connectivity index (χ0) is 105. The molecule has 2 saturated carbocycles. The van der Waals surface area contributed by atoms with Crippen molar-refractivity contribution in [2.45, 2.75) is 245 Å². The van der Waals surface area contributed by atoms with Gasteiger partial charge in [0.2, 0.25) is 0 Å². The van der Waals surface area contributed by atoms with Gasteiger partial charge in [0, 0.05) is 263 Å². The van der Waals surface area contributed by atoms with Crippen LogP contribution in [0.25, 0.3) is 0 Å². The van der Waals surface area contributed by atoms with Crippen LogP contribution in [-0.2, 0) is 41.9 Å². The van der Waals surface area contributed by atoms with E-state index < -0.39 is 11.7 Å². The number of hydrogen-bond donors (Lipinski definition) is 4. The van der Waals surface area contributed by atoms with Crippen LogP contribution in [0, 0.1) is 20.8 Å². The summed E-state index contributed by atoms with van der Waals surface area (Å²) < 4.78 is 70.8. The Morgan fingerprint density at radius 2 is 0.732 bits per heavy atom. The predicted octanol–water partition coefficient (Wildman–Crippen LogP) is 17.0. The molecule has 14 heterocycles. The normalized spacial score (nSPS) is 19.6. The number of ether oxygens (including phenoxy) is 4. The van der Waals surface area contributed by atoms with Crippen LogP contribution < -0.4 is 40.2 Å². The number of likely N-dealkylation sites (tertiary alicyclic amines) is 8. The summed E-state index contributed by atoms with van der Waals surface area (Å²) >= 11 is 0. The molecule has 0 unspecified atom stereocenters. The van der Waals surface area contributed by atoms with Crippen molar-refractivity contribution < 1.29 is 60.9 Å². The average Bonchev–Trinajstić information content (AvgIpc) is 1.61. The van der Waals surface area contributed by atoms with Crippen LogP contribution in [0.15, 0.2) is 171 Å². The van der Waals surface area contributed by atoms with E-state index in [9.17, 15) is 41.9 Å². The molecule has 8 aromatic rings. The van der Waals surface area contributed by atoms with Gasteiger partial charge in [-0.25, -0.2) is 19.2 Å². The Morgan fingerprint density at radius 3 is 1.15 bits per heavy atom. The fraction of sp³-hybridized carbons (Fsp3) is 0.554. The standard InChI is InChI=1S/2C31H44N6O2.C25H31F3N6O3.C25H34N6O3/c1-23(2)32-29-9-16-37(33-29)30(38)35-17-11-31(12-18-35)10-4-13-36(31)22-25-19-24(3)20-28(21-25)39-27-7-14-34(15-8-27)26-5-6-26;1-23(2)32-29-11-18-37(33-29)30(38)35-19-13-31(14-20-35)12-4-15-36(31)22-25-6-5-24(3)21-28(25)39-27-9-16-34(17-10-27)26-7-8-26;1-18(2)29-22-5-8-34(30-22)24(36)33-11-9-31(10-12-33)16-19-13-20(25(26,27)28)15-21(14-19)37-17-23(35)32-6-3-4-7-32;1-19(2)26-23-8-11-31(27-23)25(33)30-14-12-28(13-15-30)17-21-7-6-20(3)16-22(21)34-18-24(32)29-9-4-5-10-29/h9,16,19-21,26-27H,1,4-8,10-15,17-18,22H2,2-3H3,(H,32,33);5-6,11,18,21,26-27H,1,4,7-10,12-17,19-20,22H2,2-3H3,(H,32,33);5,8,13-15H,1,3-4,6-7,9-12,16-17H2,2H3,(H,29,30);6-8,11,16H,1,4-5,9-10,12-15,17-18H2,2-3H3,(H,26,27). The second-order valence-electron chi connectivity index (χ2n) is 43.0. The Labute approximate surface area is 874 Å². The van der Waals surface area contributed by atoms with E-state index in [1.165, 1.54) is 119 Å². The summed E-state index contributed by atoms with van der Waals surface area (Å²) in [5.74, 6) is 5.14. The SMILES string of the molecule is C=C(C)Nc1ccn(C(=O)N2CCC3(CCCN3Cc3cc(C)cc(OC4CCN(C5CC5)CC4)c3)CC2)n1.C=C(C)Nc1ccn(C(=O)N2CCC3(CCCN3Cc3ccc(C)cc3OC3CCN(C4CC4)CC3)CC2)n1.C=C(C)Nc1ccn(C(=O)N2CCN(Cc3cc(OCC(=O)N4CCCC4)cc(C(F)(F)F)c3)CC2)n1.C=C(C)Nc1ccn(C(=O)N2CCN(Cc3ccc(C)cc3OCC(=O)N3CCCC3)CC2)n1. The van der Waals surface area contributed by atoms with Crippen LogP contribution >= 0.6 is 0 Å². The van der Waals surface area contributed by atoms with E-state index in [-0.39, 0.29) is 72.5 Å². The van der Waals surface area contributed by atoms with Gasteiger partial charge in [0.15, 0.2) is 36.5 Å². The maximum Gasteiger partial charge on any atom is 0.416 e. The van der Waals surface area contributed by atoms with Gasteiger partial charge >= 0.3 is 30.3 Å². The molecule has 12 aliphatic rings. The van der Waals surface area contributed by atoms with Crippen molar-refractivity contribution in [3.8, 4) is 23.0 Å². The maximum atomic E-state index is 13.5. The summed E-state index contributed by atoms with van der Waals surface area (Å²) in [4.78, 5) is 102. The molecule has 0 radical (unpaired) electrons. The fourth-order valence-corrected chi connectivity index (χ4v) is 22.6. The maximum absolute atomic E-state index is 13.5. The molecular weight excluding hydrogens is 1900 g/mol. The molecular formula is C112H153F3N24O10. The first-order chi connectivity index (χ1) is 71.7. The lowest BCUT2D eigenvalue weighted by molar-refractivity contribution is -0.137. The lowest BCUT2D eigenvalue weighted by atomic mass is 9.84. The molecule has 802 valence electrons. The first-order valence-corrected chi connectivity index (χ1v) is 53.9. The highest BCUT2D eigenvalue weighted by molar-refractivity contribution is 5.80. The summed E-state index contributed by atoms with van der Waals surface area (Å²) in [6, 6.07) is 31.5. The first-order valence-electron chi connectivity index (χ1n) is 53.9. The topological polar surface area (TPSA) is 298 Å². The zero-order valence-corrected chi connectivity index (χ0v) is 88.3. The van der Waals surface area contributed by atoms with Crippen LogP contribution in [0.1, 0.15) is 201 Å². The van der Waals surface area contributed by atoms with Crippen molar-refractivity contribution in [2.24, 2.45) is 0 Å². The number of piperidine rings is 4.